The molecule has 25 heavy (non-hydrogen) atoms. The summed E-state index contributed by atoms with van der Waals surface area (Å²) < 4.78 is 27.0. The van der Waals surface area contributed by atoms with Crippen molar-refractivity contribution in [2.45, 2.75) is 46.5 Å². The molecule has 0 fully saturated rings. The van der Waals surface area contributed by atoms with E-state index in [0.29, 0.717) is 18.4 Å². The van der Waals surface area contributed by atoms with Crippen molar-refractivity contribution >= 4 is 10.9 Å². The molecule has 0 saturated heterocycles. The van der Waals surface area contributed by atoms with Gasteiger partial charge in [-0.1, -0.05) is 57.5 Å². The molecule has 0 saturated carbocycles. The normalized spacial score (nSPS) is 10.4. The summed E-state index contributed by atoms with van der Waals surface area (Å²) >= 11 is 0. The second-order valence-corrected chi connectivity index (χ2v) is 5.75. The number of para-hydroxylation sites is 1. The van der Waals surface area contributed by atoms with E-state index < -0.39 is 11.6 Å². The quantitative estimate of drug-likeness (QED) is 0.532. The lowest BCUT2D eigenvalue weighted by Gasteiger charge is -2.09. The molecule has 0 radical (unpaired) electrons. The Bertz CT molecular complexity index is 827. The molecule has 0 amide bonds. The molecule has 1 aromatic heterocycles. The maximum atomic E-state index is 13.8. The molecule has 0 bridgehead atoms. The molecule has 0 aliphatic heterocycles. The van der Waals surface area contributed by atoms with Crippen molar-refractivity contribution in [3.63, 3.8) is 0 Å². The van der Waals surface area contributed by atoms with Crippen molar-refractivity contribution in [2.24, 2.45) is 0 Å². The summed E-state index contributed by atoms with van der Waals surface area (Å²) in [4.78, 5) is 4.67. The Labute approximate surface area is 148 Å². The molecule has 1 heterocycles. The molecule has 0 aliphatic rings. The maximum Gasteiger partial charge on any atom is 0.162 e. The molecule has 3 heteroatoms. The van der Waals surface area contributed by atoms with E-state index in [0.717, 1.165) is 30.1 Å². The van der Waals surface area contributed by atoms with Gasteiger partial charge in [0.05, 0.1) is 5.52 Å². The third-order valence-electron chi connectivity index (χ3n) is 4.06. The van der Waals surface area contributed by atoms with Crippen LogP contribution in [0, 0.1) is 11.6 Å². The zero-order valence-electron chi connectivity index (χ0n) is 15.2. The van der Waals surface area contributed by atoms with E-state index >= 15 is 0 Å². The Balaban J connectivity index is 0.00000109. The number of aromatic nitrogens is 1. The number of rotatable bonds is 5. The fourth-order valence-corrected chi connectivity index (χ4v) is 2.92. The van der Waals surface area contributed by atoms with Crippen molar-refractivity contribution < 1.29 is 8.78 Å². The van der Waals surface area contributed by atoms with Crippen molar-refractivity contribution in [2.75, 3.05) is 0 Å². The first-order chi connectivity index (χ1) is 12.2. The highest BCUT2D eigenvalue weighted by molar-refractivity contribution is 5.82. The van der Waals surface area contributed by atoms with E-state index in [2.05, 4.69) is 24.0 Å². The minimum Gasteiger partial charge on any atom is -0.253 e. The van der Waals surface area contributed by atoms with Crippen LogP contribution < -0.4 is 0 Å². The summed E-state index contributed by atoms with van der Waals surface area (Å²) in [6.45, 7) is 6.15. The summed E-state index contributed by atoms with van der Waals surface area (Å²) in [6, 6.07) is 14.5. The number of aryl methyl sites for hydroxylation is 3. The highest BCUT2D eigenvalue weighted by Gasteiger charge is 2.09. The topological polar surface area (TPSA) is 12.9 Å². The molecular formula is C22H25F2N. The monoisotopic (exact) mass is 341 g/mol. The van der Waals surface area contributed by atoms with Crippen molar-refractivity contribution in [1.82, 2.24) is 4.98 Å². The van der Waals surface area contributed by atoms with Crippen LogP contribution in [0.1, 0.15) is 44.0 Å². The van der Waals surface area contributed by atoms with Crippen LogP contribution in [0.2, 0.25) is 0 Å². The minimum absolute atomic E-state index is 0.400. The Morgan fingerprint density at radius 3 is 2.36 bits per heavy atom. The molecule has 2 aromatic carbocycles. The van der Waals surface area contributed by atoms with Gasteiger partial charge in [-0.3, -0.25) is 4.98 Å². The van der Waals surface area contributed by atoms with Crippen LogP contribution in [0.25, 0.3) is 10.9 Å². The average Bonchev–Trinajstić information content (AvgIpc) is 2.65. The van der Waals surface area contributed by atoms with Gasteiger partial charge in [-0.2, -0.15) is 0 Å². The lowest BCUT2D eigenvalue weighted by molar-refractivity contribution is 0.498. The first-order valence-corrected chi connectivity index (χ1v) is 8.99. The van der Waals surface area contributed by atoms with E-state index in [1.165, 1.54) is 10.9 Å². The number of pyridine rings is 1. The van der Waals surface area contributed by atoms with Gasteiger partial charge >= 0.3 is 0 Å². The van der Waals surface area contributed by atoms with Crippen LogP contribution in [0.3, 0.4) is 0 Å². The fraction of sp³-hybridized carbons (Fsp3) is 0.318. The Morgan fingerprint density at radius 1 is 0.840 bits per heavy atom. The molecule has 3 aromatic rings. The molecule has 0 atom stereocenters. The van der Waals surface area contributed by atoms with Gasteiger partial charge in [0.2, 0.25) is 0 Å². The lowest BCUT2D eigenvalue weighted by atomic mass is 10.0. The van der Waals surface area contributed by atoms with Gasteiger partial charge in [0.15, 0.2) is 11.6 Å². The third kappa shape index (κ3) is 4.62. The molecule has 0 aliphatic carbocycles. The Kier molecular flexibility index (Phi) is 7.05. The van der Waals surface area contributed by atoms with Crippen molar-refractivity contribution in [1.29, 1.82) is 0 Å². The van der Waals surface area contributed by atoms with E-state index in [1.54, 1.807) is 12.1 Å². The Hall–Kier alpha value is -2.29. The summed E-state index contributed by atoms with van der Waals surface area (Å²) in [6.07, 6.45) is 3.10. The molecule has 0 N–H and O–H groups in total. The fourth-order valence-electron chi connectivity index (χ4n) is 2.92. The van der Waals surface area contributed by atoms with Gasteiger partial charge in [0.25, 0.3) is 0 Å². The maximum absolute atomic E-state index is 13.8. The third-order valence-corrected chi connectivity index (χ3v) is 4.06. The van der Waals surface area contributed by atoms with Gasteiger partial charge in [0, 0.05) is 11.1 Å². The first-order valence-electron chi connectivity index (χ1n) is 8.99. The van der Waals surface area contributed by atoms with E-state index in [4.69, 9.17) is 0 Å². The number of hydrogen-bond acceptors (Lipinski definition) is 1. The van der Waals surface area contributed by atoms with Crippen LogP contribution in [-0.4, -0.2) is 4.98 Å². The van der Waals surface area contributed by atoms with Gasteiger partial charge in [-0.05, 0) is 48.6 Å². The van der Waals surface area contributed by atoms with Crippen LogP contribution >= 0.6 is 0 Å². The van der Waals surface area contributed by atoms with Crippen LogP contribution in [0.4, 0.5) is 8.78 Å². The van der Waals surface area contributed by atoms with E-state index in [1.807, 2.05) is 32.0 Å². The molecular weight excluding hydrogens is 316 g/mol. The smallest absolute Gasteiger partial charge is 0.162 e. The van der Waals surface area contributed by atoms with Gasteiger partial charge in [0.1, 0.15) is 0 Å². The molecule has 0 unspecified atom stereocenters. The number of fused-ring (bicyclic) bond motifs is 1. The molecule has 3 rings (SSSR count). The van der Waals surface area contributed by atoms with E-state index in [9.17, 15) is 8.78 Å². The average molecular weight is 341 g/mol. The summed E-state index contributed by atoms with van der Waals surface area (Å²) in [5.74, 6) is -1.54. The summed E-state index contributed by atoms with van der Waals surface area (Å²) in [5.41, 5.74) is 3.56. The second kappa shape index (κ2) is 9.26. The number of halogens is 2. The zero-order chi connectivity index (χ0) is 18.2. The minimum atomic E-state index is -0.791. The summed E-state index contributed by atoms with van der Waals surface area (Å²) in [5, 5.41) is 1.18. The first kappa shape index (κ1) is 19.0. The van der Waals surface area contributed by atoms with Crippen LogP contribution in [-0.2, 0) is 19.3 Å². The molecule has 0 spiro atoms. The van der Waals surface area contributed by atoms with E-state index in [-0.39, 0.29) is 0 Å². The summed E-state index contributed by atoms with van der Waals surface area (Å²) in [7, 11) is 0. The standard InChI is InChI=1S/C20H19F2N.C2H6/c1-2-6-15-13-16(23-19-10-4-3-8-17(15)19)12-11-14-7-5-9-18(21)20(14)22;1-2/h3-5,7-10,13H,2,6,11-12H2,1H3;1-2H3. The predicted octanol–water partition coefficient (Wildman–Crippen LogP) is 6.28. The Morgan fingerprint density at radius 2 is 1.60 bits per heavy atom. The zero-order valence-corrected chi connectivity index (χ0v) is 15.2. The van der Waals surface area contributed by atoms with Gasteiger partial charge in [-0.25, -0.2) is 8.78 Å². The van der Waals surface area contributed by atoms with Crippen LogP contribution in [0.5, 0.6) is 0 Å². The number of nitrogens with zero attached hydrogens (tertiary/aromatic N) is 1. The highest BCUT2D eigenvalue weighted by atomic mass is 19.2. The van der Waals surface area contributed by atoms with Gasteiger partial charge < -0.3 is 0 Å². The largest absolute Gasteiger partial charge is 0.253 e. The van der Waals surface area contributed by atoms with Crippen LogP contribution in [0.15, 0.2) is 48.5 Å². The second-order valence-electron chi connectivity index (χ2n) is 5.75. The van der Waals surface area contributed by atoms with Gasteiger partial charge in [-0.15, -0.1) is 0 Å². The molecule has 132 valence electrons. The molecule has 1 nitrogen and oxygen atoms in total. The predicted molar refractivity (Wildman–Crippen MR) is 101 cm³/mol. The number of hydrogen-bond donors (Lipinski definition) is 0. The number of benzene rings is 2. The lowest BCUT2D eigenvalue weighted by Crippen LogP contribution is -2.01. The SMILES string of the molecule is CC.CCCc1cc(CCc2cccc(F)c2F)nc2ccccc12. The van der Waals surface area contributed by atoms with Crippen molar-refractivity contribution in [3.8, 4) is 0 Å². The van der Waals surface area contributed by atoms with Crippen molar-refractivity contribution in [3.05, 3.63) is 77.0 Å². The highest BCUT2D eigenvalue weighted by Crippen LogP contribution is 2.21.